The number of ether oxygens (including phenoxy) is 1. The first kappa shape index (κ1) is 9.90. The molecule has 0 bridgehead atoms. The van der Waals surface area contributed by atoms with E-state index in [1.165, 1.54) is 0 Å². The largest absolute Gasteiger partial charge is 0.457 e. The molecule has 1 N–H and O–H groups in total. The second kappa shape index (κ2) is 3.94. The third kappa shape index (κ3) is 1.99. The van der Waals surface area contributed by atoms with Crippen LogP contribution in [-0.2, 0) is 0 Å². The highest BCUT2D eigenvalue weighted by Crippen LogP contribution is 2.25. The predicted molar refractivity (Wildman–Crippen MR) is 67.3 cm³/mol. The Morgan fingerprint density at radius 3 is 2.82 bits per heavy atom. The Labute approximate surface area is 99.1 Å². The van der Waals surface area contributed by atoms with Gasteiger partial charge in [-0.2, -0.15) is 0 Å². The summed E-state index contributed by atoms with van der Waals surface area (Å²) in [6, 6.07) is 11.8. The maximum absolute atomic E-state index is 5.78. The van der Waals surface area contributed by atoms with Gasteiger partial charge < -0.3 is 9.72 Å². The first-order valence-electron chi connectivity index (χ1n) is 5.49. The Hall–Kier alpha value is -2.29. The van der Waals surface area contributed by atoms with Gasteiger partial charge in [-0.05, 0) is 37.3 Å². The summed E-state index contributed by atoms with van der Waals surface area (Å²) < 4.78 is 5.78. The third-order valence-corrected chi connectivity index (χ3v) is 2.63. The van der Waals surface area contributed by atoms with Gasteiger partial charge in [-0.25, -0.2) is 0 Å². The average molecular weight is 224 g/mol. The monoisotopic (exact) mass is 224 g/mol. The summed E-state index contributed by atoms with van der Waals surface area (Å²) in [5.74, 6) is 1.65. The molecule has 1 aromatic carbocycles. The number of fused-ring (bicyclic) bond motifs is 1. The summed E-state index contributed by atoms with van der Waals surface area (Å²) in [6.45, 7) is 1.95. The summed E-state index contributed by atoms with van der Waals surface area (Å²) in [6.07, 6.45) is 3.67. The number of hydrogen-bond acceptors (Lipinski definition) is 2. The van der Waals surface area contributed by atoms with Crippen molar-refractivity contribution in [1.29, 1.82) is 0 Å². The van der Waals surface area contributed by atoms with E-state index in [-0.39, 0.29) is 0 Å². The molecule has 84 valence electrons. The van der Waals surface area contributed by atoms with Crippen LogP contribution in [0.25, 0.3) is 10.9 Å². The number of nitrogens with zero attached hydrogens (tertiary/aromatic N) is 1. The fourth-order valence-corrected chi connectivity index (χ4v) is 1.81. The Morgan fingerprint density at radius 2 is 1.94 bits per heavy atom. The van der Waals surface area contributed by atoms with Crippen LogP contribution in [0.4, 0.5) is 0 Å². The summed E-state index contributed by atoms with van der Waals surface area (Å²) in [4.78, 5) is 7.29. The molecule has 3 heteroatoms. The smallest absolute Gasteiger partial charge is 0.130 e. The van der Waals surface area contributed by atoms with E-state index in [1.54, 1.807) is 6.20 Å². The Bertz CT molecular complexity index is 658. The molecule has 2 aromatic heterocycles. The van der Waals surface area contributed by atoms with Gasteiger partial charge in [0.1, 0.15) is 11.5 Å². The standard InChI is InChI=1S/C14H12N2O/c1-10-8-13(5-7-15-10)17-12-2-3-14-11(9-12)4-6-16-14/h2-9,16H,1H3. The summed E-state index contributed by atoms with van der Waals surface area (Å²) in [5.41, 5.74) is 2.06. The second-order valence-corrected chi connectivity index (χ2v) is 3.96. The molecular formula is C14H12N2O. The van der Waals surface area contributed by atoms with E-state index < -0.39 is 0 Å². The molecule has 0 atom stereocenters. The minimum absolute atomic E-state index is 0.812. The molecule has 0 radical (unpaired) electrons. The Kier molecular flexibility index (Phi) is 2.29. The van der Waals surface area contributed by atoms with Crippen molar-refractivity contribution >= 4 is 10.9 Å². The van der Waals surface area contributed by atoms with Crippen LogP contribution < -0.4 is 4.74 Å². The lowest BCUT2D eigenvalue weighted by molar-refractivity contribution is 0.482. The number of nitrogens with one attached hydrogen (secondary N) is 1. The molecule has 0 saturated heterocycles. The SMILES string of the molecule is Cc1cc(Oc2ccc3[nH]ccc3c2)ccn1. The molecule has 3 aromatic rings. The van der Waals surface area contributed by atoms with Crippen molar-refractivity contribution in [2.75, 3.05) is 0 Å². The minimum atomic E-state index is 0.812. The summed E-state index contributed by atoms with van der Waals surface area (Å²) in [5, 5.41) is 1.15. The van der Waals surface area contributed by atoms with Crippen LogP contribution in [0.5, 0.6) is 11.5 Å². The second-order valence-electron chi connectivity index (χ2n) is 3.96. The van der Waals surface area contributed by atoms with E-state index in [0.717, 1.165) is 28.1 Å². The molecule has 0 fully saturated rings. The lowest BCUT2D eigenvalue weighted by Gasteiger charge is -2.05. The number of hydrogen-bond donors (Lipinski definition) is 1. The predicted octanol–water partition coefficient (Wildman–Crippen LogP) is 3.66. The average Bonchev–Trinajstić information content (AvgIpc) is 2.76. The van der Waals surface area contributed by atoms with Gasteiger partial charge in [-0.1, -0.05) is 0 Å². The van der Waals surface area contributed by atoms with Crippen molar-refractivity contribution in [1.82, 2.24) is 9.97 Å². The van der Waals surface area contributed by atoms with Gasteiger partial charge in [0.05, 0.1) is 0 Å². The zero-order valence-corrected chi connectivity index (χ0v) is 9.47. The van der Waals surface area contributed by atoms with E-state index in [1.807, 2.05) is 49.5 Å². The first-order valence-corrected chi connectivity index (χ1v) is 5.49. The van der Waals surface area contributed by atoms with Crippen molar-refractivity contribution in [3.8, 4) is 11.5 Å². The number of H-pyrrole nitrogens is 1. The lowest BCUT2D eigenvalue weighted by Crippen LogP contribution is -1.86. The zero-order chi connectivity index (χ0) is 11.7. The molecule has 2 heterocycles. The van der Waals surface area contributed by atoms with Gasteiger partial charge in [0, 0.05) is 35.1 Å². The molecule has 0 aliphatic heterocycles. The van der Waals surface area contributed by atoms with Gasteiger partial charge in [-0.3, -0.25) is 4.98 Å². The first-order chi connectivity index (χ1) is 8.31. The van der Waals surface area contributed by atoms with Crippen LogP contribution >= 0.6 is 0 Å². The van der Waals surface area contributed by atoms with E-state index in [0.29, 0.717) is 0 Å². The van der Waals surface area contributed by atoms with Crippen LogP contribution in [0.1, 0.15) is 5.69 Å². The number of pyridine rings is 1. The maximum atomic E-state index is 5.78. The lowest BCUT2D eigenvalue weighted by atomic mass is 10.2. The topological polar surface area (TPSA) is 37.9 Å². The van der Waals surface area contributed by atoms with Crippen molar-refractivity contribution in [2.45, 2.75) is 6.92 Å². The number of benzene rings is 1. The molecule has 17 heavy (non-hydrogen) atoms. The molecule has 0 aliphatic carbocycles. The highest BCUT2D eigenvalue weighted by atomic mass is 16.5. The third-order valence-electron chi connectivity index (χ3n) is 2.63. The van der Waals surface area contributed by atoms with Crippen molar-refractivity contribution in [3.63, 3.8) is 0 Å². The number of aromatic nitrogens is 2. The number of aromatic amines is 1. The van der Waals surface area contributed by atoms with Crippen molar-refractivity contribution in [2.24, 2.45) is 0 Å². The highest BCUT2D eigenvalue weighted by Gasteiger charge is 2.00. The van der Waals surface area contributed by atoms with E-state index in [4.69, 9.17) is 4.74 Å². The van der Waals surface area contributed by atoms with E-state index in [9.17, 15) is 0 Å². The highest BCUT2D eigenvalue weighted by molar-refractivity contribution is 5.80. The van der Waals surface area contributed by atoms with Crippen LogP contribution in [0.3, 0.4) is 0 Å². The molecule has 3 nitrogen and oxygen atoms in total. The van der Waals surface area contributed by atoms with E-state index >= 15 is 0 Å². The van der Waals surface area contributed by atoms with Gasteiger partial charge in [0.2, 0.25) is 0 Å². The Morgan fingerprint density at radius 1 is 1.06 bits per heavy atom. The fourth-order valence-electron chi connectivity index (χ4n) is 1.81. The molecule has 0 unspecified atom stereocenters. The minimum Gasteiger partial charge on any atom is -0.457 e. The van der Waals surface area contributed by atoms with Crippen molar-refractivity contribution in [3.05, 3.63) is 54.5 Å². The molecule has 0 spiro atoms. The van der Waals surface area contributed by atoms with Crippen LogP contribution in [-0.4, -0.2) is 9.97 Å². The van der Waals surface area contributed by atoms with E-state index in [2.05, 4.69) is 9.97 Å². The quantitative estimate of drug-likeness (QED) is 0.721. The maximum Gasteiger partial charge on any atom is 0.130 e. The molecule has 0 aliphatic rings. The molecule has 0 saturated carbocycles. The number of aryl methyl sites for hydroxylation is 1. The fraction of sp³-hybridized carbons (Fsp3) is 0.0714. The molecular weight excluding hydrogens is 212 g/mol. The van der Waals surface area contributed by atoms with Crippen molar-refractivity contribution < 1.29 is 4.74 Å². The molecule has 3 rings (SSSR count). The normalized spacial score (nSPS) is 10.6. The molecule has 0 amide bonds. The van der Waals surface area contributed by atoms with Gasteiger partial charge >= 0.3 is 0 Å². The van der Waals surface area contributed by atoms with Gasteiger partial charge in [-0.15, -0.1) is 0 Å². The summed E-state index contributed by atoms with van der Waals surface area (Å²) in [7, 11) is 0. The summed E-state index contributed by atoms with van der Waals surface area (Å²) >= 11 is 0. The Balaban J connectivity index is 1.94. The van der Waals surface area contributed by atoms with Crippen LogP contribution in [0.15, 0.2) is 48.8 Å². The van der Waals surface area contributed by atoms with Crippen LogP contribution in [0.2, 0.25) is 0 Å². The zero-order valence-electron chi connectivity index (χ0n) is 9.47. The van der Waals surface area contributed by atoms with Gasteiger partial charge in [0.25, 0.3) is 0 Å². The number of rotatable bonds is 2. The van der Waals surface area contributed by atoms with Crippen LogP contribution in [0, 0.1) is 6.92 Å². The van der Waals surface area contributed by atoms with Gasteiger partial charge in [0.15, 0.2) is 0 Å².